The molecule has 1 N–H and O–H groups in total. The van der Waals surface area contributed by atoms with E-state index in [-0.39, 0.29) is 0 Å². The molecule has 17 heavy (non-hydrogen) atoms. The fourth-order valence-electron chi connectivity index (χ4n) is 2.12. The van der Waals surface area contributed by atoms with Crippen LogP contribution in [0.5, 0.6) is 0 Å². The average molecular weight is 231 g/mol. The van der Waals surface area contributed by atoms with E-state index in [9.17, 15) is 4.79 Å². The topological polar surface area (TPSA) is 77.2 Å². The number of carboxylic acid groups (broad SMARTS) is 1. The normalized spacial score (nSPS) is 19.1. The molecule has 1 aliphatic rings. The van der Waals surface area contributed by atoms with Crippen molar-refractivity contribution < 1.29 is 9.90 Å². The molecule has 0 spiro atoms. The Balaban J connectivity index is 2.31. The van der Waals surface area contributed by atoms with Gasteiger partial charge in [-0.15, -0.1) is 0 Å². The van der Waals surface area contributed by atoms with Crippen LogP contribution in [0.4, 0.5) is 5.82 Å². The van der Waals surface area contributed by atoms with E-state index in [1.807, 2.05) is 6.07 Å². The molecule has 0 radical (unpaired) electrons. The van der Waals surface area contributed by atoms with E-state index in [1.165, 1.54) is 0 Å². The number of aromatic nitrogens is 1. The van der Waals surface area contributed by atoms with Crippen LogP contribution in [0.2, 0.25) is 0 Å². The van der Waals surface area contributed by atoms with Crippen LogP contribution in [-0.4, -0.2) is 28.6 Å². The smallest absolute Gasteiger partial charge is 0.326 e. The zero-order valence-corrected chi connectivity index (χ0v) is 9.55. The van der Waals surface area contributed by atoms with Gasteiger partial charge in [-0.25, -0.2) is 9.78 Å². The summed E-state index contributed by atoms with van der Waals surface area (Å²) in [6.07, 6.45) is 1.51. The Bertz CT molecular complexity index is 493. The Kier molecular flexibility index (Phi) is 2.96. The second kappa shape index (κ2) is 4.42. The summed E-state index contributed by atoms with van der Waals surface area (Å²) in [7, 11) is 0. The first kappa shape index (κ1) is 11.4. The van der Waals surface area contributed by atoms with Gasteiger partial charge in [-0.3, -0.25) is 0 Å². The van der Waals surface area contributed by atoms with E-state index >= 15 is 0 Å². The van der Waals surface area contributed by atoms with Crippen LogP contribution in [-0.2, 0) is 4.79 Å². The van der Waals surface area contributed by atoms with Crippen molar-refractivity contribution in [2.45, 2.75) is 25.8 Å². The molecule has 5 heteroatoms. The highest BCUT2D eigenvalue weighted by atomic mass is 16.4. The molecule has 1 aromatic rings. The number of pyridine rings is 1. The first-order valence-corrected chi connectivity index (χ1v) is 5.50. The lowest BCUT2D eigenvalue weighted by molar-refractivity contribution is -0.138. The van der Waals surface area contributed by atoms with E-state index < -0.39 is 12.0 Å². The van der Waals surface area contributed by atoms with E-state index in [1.54, 1.807) is 24.0 Å². The zero-order chi connectivity index (χ0) is 12.4. The minimum Gasteiger partial charge on any atom is -0.480 e. The molecule has 0 saturated carbocycles. The molecule has 1 aromatic heterocycles. The van der Waals surface area contributed by atoms with Crippen LogP contribution < -0.4 is 4.90 Å². The molecule has 5 nitrogen and oxygen atoms in total. The number of nitriles is 1. The van der Waals surface area contributed by atoms with Crippen LogP contribution in [0.1, 0.15) is 24.1 Å². The fourth-order valence-corrected chi connectivity index (χ4v) is 2.12. The summed E-state index contributed by atoms with van der Waals surface area (Å²) in [6.45, 7) is 2.46. The van der Waals surface area contributed by atoms with Crippen molar-refractivity contribution in [3.63, 3.8) is 0 Å². The van der Waals surface area contributed by atoms with Crippen molar-refractivity contribution in [2.24, 2.45) is 0 Å². The number of aliphatic carboxylic acids is 1. The number of carboxylic acids is 1. The zero-order valence-electron chi connectivity index (χ0n) is 9.55. The monoisotopic (exact) mass is 231 g/mol. The number of hydrogen-bond donors (Lipinski definition) is 1. The first-order chi connectivity index (χ1) is 8.13. The predicted octanol–water partition coefficient (Wildman–Crippen LogP) is 1.32. The molecular weight excluding hydrogens is 218 g/mol. The fraction of sp³-hybridized carbons (Fsp3) is 0.417. The molecule has 1 saturated heterocycles. The number of carbonyl (C=O) groups is 1. The van der Waals surface area contributed by atoms with Crippen LogP contribution >= 0.6 is 0 Å². The van der Waals surface area contributed by atoms with Gasteiger partial charge in [0.2, 0.25) is 0 Å². The SMILES string of the molecule is Cc1nc(N2CCCC2C(=O)O)ccc1C#N. The van der Waals surface area contributed by atoms with Gasteiger partial charge in [0, 0.05) is 6.54 Å². The van der Waals surface area contributed by atoms with Gasteiger partial charge in [-0.1, -0.05) is 0 Å². The molecule has 1 atom stereocenters. The van der Waals surface area contributed by atoms with E-state index in [4.69, 9.17) is 10.4 Å². The van der Waals surface area contributed by atoms with Gasteiger partial charge >= 0.3 is 5.97 Å². The van der Waals surface area contributed by atoms with Gasteiger partial charge in [0.25, 0.3) is 0 Å². The molecule has 0 bridgehead atoms. The maximum atomic E-state index is 11.1. The lowest BCUT2D eigenvalue weighted by atomic mass is 10.2. The Morgan fingerprint density at radius 2 is 2.41 bits per heavy atom. The highest BCUT2D eigenvalue weighted by molar-refractivity contribution is 5.78. The number of nitrogens with zero attached hydrogens (tertiary/aromatic N) is 3. The quantitative estimate of drug-likeness (QED) is 0.830. The Hall–Kier alpha value is -2.09. The summed E-state index contributed by atoms with van der Waals surface area (Å²) in [5.41, 5.74) is 1.17. The minimum absolute atomic E-state index is 0.491. The Morgan fingerprint density at radius 1 is 1.65 bits per heavy atom. The summed E-state index contributed by atoms with van der Waals surface area (Å²) in [5.74, 6) is -0.169. The highest BCUT2D eigenvalue weighted by Gasteiger charge is 2.31. The summed E-state index contributed by atoms with van der Waals surface area (Å²) in [4.78, 5) is 17.2. The third-order valence-corrected chi connectivity index (χ3v) is 3.02. The minimum atomic E-state index is -0.814. The molecular formula is C12H13N3O2. The Morgan fingerprint density at radius 3 is 3.00 bits per heavy atom. The second-order valence-corrected chi connectivity index (χ2v) is 4.10. The molecule has 0 aliphatic carbocycles. The first-order valence-electron chi connectivity index (χ1n) is 5.50. The Labute approximate surface area is 99.3 Å². The summed E-state index contributed by atoms with van der Waals surface area (Å²) < 4.78 is 0. The van der Waals surface area contributed by atoms with Crippen LogP contribution in [0.3, 0.4) is 0 Å². The van der Waals surface area contributed by atoms with Crippen molar-refractivity contribution in [1.29, 1.82) is 5.26 Å². The van der Waals surface area contributed by atoms with Crippen molar-refractivity contribution in [3.8, 4) is 6.07 Å². The number of hydrogen-bond acceptors (Lipinski definition) is 4. The predicted molar refractivity (Wildman–Crippen MR) is 61.7 cm³/mol. The summed E-state index contributed by atoms with van der Waals surface area (Å²) in [5, 5.41) is 17.9. The van der Waals surface area contributed by atoms with Gasteiger partial charge in [0.1, 0.15) is 17.9 Å². The maximum Gasteiger partial charge on any atom is 0.326 e. The lowest BCUT2D eigenvalue weighted by Gasteiger charge is -2.22. The summed E-state index contributed by atoms with van der Waals surface area (Å²) in [6, 6.07) is 4.96. The van der Waals surface area contributed by atoms with Crippen molar-refractivity contribution in [2.75, 3.05) is 11.4 Å². The average Bonchev–Trinajstić information content (AvgIpc) is 2.77. The number of aryl methyl sites for hydroxylation is 1. The van der Waals surface area contributed by atoms with Gasteiger partial charge in [-0.2, -0.15) is 5.26 Å². The van der Waals surface area contributed by atoms with Crippen molar-refractivity contribution in [3.05, 3.63) is 23.4 Å². The lowest BCUT2D eigenvalue weighted by Crippen LogP contribution is -2.36. The van der Waals surface area contributed by atoms with Gasteiger partial charge < -0.3 is 10.0 Å². The molecule has 2 heterocycles. The molecule has 1 fully saturated rings. The molecule has 88 valence electrons. The third kappa shape index (κ3) is 2.07. The molecule has 0 amide bonds. The van der Waals surface area contributed by atoms with Gasteiger partial charge in [-0.05, 0) is 31.9 Å². The van der Waals surface area contributed by atoms with Crippen LogP contribution in [0, 0.1) is 18.3 Å². The van der Waals surface area contributed by atoms with E-state index in [0.717, 1.165) is 6.42 Å². The van der Waals surface area contributed by atoms with Crippen molar-refractivity contribution >= 4 is 11.8 Å². The number of anilines is 1. The van der Waals surface area contributed by atoms with E-state index in [2.05, 4.69) is 4.98 Å². The largest absolute Gasteiger partial charge is 0.480 e. The summed E-state index contributed by atoms with van der Waals surface area (Å²) >= 11 is 0. The number of rotatable bonds is 2. The molecule has 2 rings (SSSR count). The molecule has 1 unspecified atom stereocenters. The van der Waals surface area contributed by atoms with Crippen molar-refractivity contribution in [1.82, 2.24) is 4.98 Å². The van der Waals surface area contributed by atoms with Gasteiger partial charge in [0.15, 0.2) is 0 Å². The second-order valence-electron chi connectivity index (χ2n) is 4.10. The maximum absolute atomic E-state index is 11.1. The standard InChI is InChI=1S/C12H13N3O2/c1-8-9(7-13)4-5-11(14-8)15-6-2-3-10(15)12(16)17/h4-5,10H,2-3,6H2,1H3,(H,16,17). The molecule has 1 aliphatic heterocycles. The third-order valence-electron chi connectivity index (χ3n) is 3.02. The molecule has 0 aromatic carbocycles. The highest BCUT2D eigenvalue weighted by Crippen LogP contribution is 2.24. The van der Waals surface area contributed by atoms with E-state index in [0.29, 0.717) is 30.0 Å². The van der Waals surface area contributed by atoms with Crippen LogP contribution in [0.15, 0.2) is 12.1 Å². The van der Waals surface area contributed by atoms with Gasteiger partial charge in [0.05, 0.1) is 11.3 Å². The van der Waals surface area contributed by atoms with Crippen LogP contribution in [0.25, 0.3) is 0 Å².